The number of aromatic hydroxyl groups is 1. The van der Waals surface area contributed by atoms with Gasteiger partial charge in [-0.05, 0) is 24.6 Å². The molecular weight excluding hydrogens is 226 g/mol. The predicted molar refractivity (Wildman–Crippen MR) is 59.7 cm³/mol. The number of aliphatic hydroxyl groups excluding tert-OH is 1. The zero-order valence-electron chi connectivity index (χ0n) is 9.17. The molecule has 1 rings (SSSR count). The molecule has 0 saturated heterocycles. The van der Waals surface area contributed by atoms with Crippen molar-refractivity contribution in [2.75, 3.05) is 5.32 Å². The molecule has 0 spiro atoms. The Morgan fingerprint density at radius 1 is 1.41 bits per heavy atom. The number of hydrogen-bond acceptors (Lipinski definition) is 4. The third-order valence-corrected chi connectivity index (χ3v) is 2.09. The minimum Gasteiger partial charge on any atom is -0.506 e. The van der Waals surface area contributed by atoms with Gasteiger partial charge >= 0.3 is 5.97 Å². The van der Waals surface area contributed by atoms with Crippen molar-refractivity contribution in [2.24, 2.45) is 0 Å². The van der Waals surface area contributed by atoms with Crippen molar-refractivity contribution in [3.63, 3.8) is 0 Å². The van der Waals surface area contributed by atoms with Crippen molar-refractivity contribution in [1.29, 1.82) is 0 Å². The van der Waals surface area contributed by atoms with Crippen LogP contribution in [0.25, 0.3) is 0 Å². The molecule has 0 aliphatic carbocycles. The highest BCUT2D eigenvalue weighted by Crippen LogP contribution is 2.23. The van der Waals surface area contributed by atoms with Crippen LogP contribution in [0.5, 0.6) is 5.75 Å². The lowest BCUT2D eigenvalue weighted by molar-refractivity contribution is -0.148. The molecule has 1 aromatic rings. The lowest BCUT2D eigenvalue weighted by Crippen LogP contribution is -2.26. The van der Waals surface area contributed by atoms with Gasteiger partial charge in [0.25, 0.3) is 0 Å². The van der Waals surface area contributed by atoms with E-state index in [9.17, 15) is 14.7 Å². The Balaban J connectivity index is 2.68. The molecule has 4 N–H and O–H groups in total. The summed E-state index contributed by atoms with van der Waals surface area (Å²) in [6.07, 6.45) is -2.31. The van der Waals surface area contributed by atoms with E-state index in [1.807, 2.05) is 0 Å². The lowest BCUT2D eigenvalue weighted by Gasteiger charge is -2.09. The number of phenols is 1. The number of aliphatic hydroxyl groups is 1. The summed E-state index contributed by atoms with van der Waals surface area (Å²) >= 11 is 0. The fraction of sp³-hybridized carbons (Fsp3) is 0.273. The van der Waals surface area contributed by atoms with Gasteiger partial charge in [0.05, 0.1) is 12.1 Å². The van der Waals surface area contributed by atoms with E-state index in [0.29, 0.717) is 0 Å². The molecule has 0 saturated carbocycles. The smallest absolute Gasteiger partial charge is 0.333 e. The number of amides is 1. The summed E-state index contributed by atoms with van der Waals surface area (Å²) in [5.74, 6) is -2.26. The molecule has 0 bridgehead atoms. The summed E-state index contributed by atoms with van der Waals surface area (Å²) in [7, 11) is 0. The molecule has 1 atom stereocenters. The van der Waals surface area contributed by atoms with Crippen LogP contribution in [-0.2, 0) is 9.59 Å². The molecule has 1 amide bonds. The van der Waals surface area contributed by atoms with Gasteiger partial charge in [-0.1, -0.05) is 6.07 Å². The molecule has 0 aliphatic heterocycles. The predicted octanol–water partition coefficient (Wildman–Crippen LogP) is 0.475. The van der Waals surface area contributed by atoms with Gasteiger partial charge in [0.1, 0.15) is 5.75 Å². The number of hydrogen-bond donors (Lipinski definition) is 4. The maximum Gasteiger partial charge on any atom is 0.333 e. The second kappa shape index (κ2) is 5.31. The number of rotatable bonds is 4. The molecule has 6 nitrogen and oxygen atoms in total. The van der Waals surface area contributed by atoms with E-state index < -0.39 is 24.4 Å². The van der Waals surface area contributed by atoms with E-state index in [1.54, 1.807) is 19.1 Å². The van der Waals surface area contributed by atoms with E-state index in [4.69, 9.17) is 10.2 Å². The number of carboxylic acids is 1. The molecule has 0 fully saturated rings. The number of phenolic OH excluding ortho intramolecular Hbond substituents is 1. The molecule has 1 aromatic carbocycles. The van der Waals surface area contributed by atoms with Crippen LogP contribution < -0.4 is 5.32 Å². The number of anilines is 1. The third kappa shape index (κ3) is 3.76. The van der Waals surface area contributed by atoms with Crippen LogP contribution in [0.4, 0.5) is 5.69 Å². The van der Waals surface area contributed by atoms with Crippen molar-refractivity contribution in [3.8, 4) is 5.75 Å². The first-order valence-electron chi connectivity index (χ1n) is 4.90. The molecule has 0 aromatic heterocycles. The molecule has 92 valence electrons. The van der Waals surface area contributed by atoms with Crippen molar-refractivity contribution in [2.45, 2.75) is 19.4 Å². The molecule has 0 heterocycles. The summed E-state index contributed by atoms with van der Waals surface area (Å²) in [4.78, 5) is 21.7. The van der Waals surface area contributed by atoms with Gasteiger partial charge in [-0.3, -0.25) is 4.79 Å². The van der Waals surface area contributed by atoms with Crippen molar-refractivity contribution >= 4 is 17.6 Å². The number of benzene rings is 1. The van der Waals surface area contributed by atoms with Crippen LogP contribution in [0.15, 0.2) is 18.2 Å². The number of carbonyl (C=O) groups excluding carboxylic acids is 1. The number of aryl methyl sites for hydroxylation is 1. The Bertz CT molecular complexity index is 443. The van der Waals surface area contributed by atoms with E-state index in [-0.39, 0.29) is 11.4 Å². The summed E-state index contributed by atoms with van der Waals surface area (Å²) in [5, 5.41) is 29.2. The average Bonchev–Trinajstić information content (AvgIpc) is 2.23. The van der Waals surface area contributed by atoms with Crippen molar-refractivity contribution < 1.29 is 24.9 Å². The Kier molecular flexibility index (Phi) is 4.06. The molecule has 6 heteroatoms. The molecule has 1 unspecified atom stereocenters. The normalized spacial score (nSPS) is 11.9. The lowest BCUT2D eigenvalue weighted by atomic mass is 10.2. The fourth-order valence-corrected chi connectivity index (χ4v) is 1.21. The van der Waals surface area contributed by atoms with Gasteiger partial charge in [0, 0.05) is 0 Å². The van der Waals surface area contributed by atoms with E-state index in [0.717, 1.165) is 5.56 Å². The highest BCUT2D eigenvalue weighted by Gasteiger charge is 2.18. The molecule has 0 aliphatic rings. The number of carbonyl (C=O) groups is 2. The summed E-state index contributed by atoms with van der Waals surface area (Å²) in [6.45, 7) is 1.78. The van der Waals surface area contributed by atoms with Crippen LogP contribution in [0.2, 0.25) is 0 Å². The fourth-order valence-electron chi connectivity index (χ4n) is 1.21. The number of carboxylic acid groups (broad SMARTS) is 1. The second-order valence-electron chi connectivity index (χ2n) is 3.63. The van der Waals surface area contributed by atoms with E-state index >= 15 is 0 Å². The van der Waals surface area contributed by atoms with Gasteiger partial charge in [0.2, 0.25) is 5.91 Å². The quantitative estimate of drug-likeness (QED) is 0.571. The highest BCUT2D eigenvalue weighted by molar-refractivity contribution is 5.94. The first-order chi connectivity index (χ1) is 7.90. The van der Waals surface area contributed by atoms with Crippen LogP contribution in [0, 0.1) is 6.92 Å². The van der Waals surface area contributed by atoms with Gasteiger partial charge in [-0.25, -0.2) is 4.79 Å². The van der Waals surface area contributed by atoms with Crippen LogP contribution >= 0.6 is 0 Å². The first-order valence-corrected chi connectivity index (χ1v) is 4.90. The first kappa shape index (κ1) is 13.0. The minimum atomic E-state index is -1.75. The van der Waals surface area contributed by atoms with Gasteiger partial charge < -0.3 is 20.6 Å². The van der Waals surface area contributed by atoms with Crippen molar-refractivity contribution in [1.82, 2.24) is 0 Å². The number of aliphatic carboxylic acids is 1. The zero-order chi connectivity index (χ0) is 13.0. The van der Waals surface area contributed by atoms with Crippen LogP contribution in [0.1, 0.15) is 12.0 Å². The summed E-state index contributed by atoms with van der Waals surface area (Å²) < 4.78 is 0. The molecular formula is C11H13NO5. The molecule has 0 radical (unpaired) electrons. The van der Waals surface area contributed by atoms with Crippen molar-refractivity contribution in [3.05, 3.63) is 23.8 Å². The average molecular weight is 239 g/mol. The Morgan fingerprint density at radius 3 is 2.65 bits per heavy atom. The minimum absolute atomic E-state index is 0.117. The molecule has 17 heavy (non-hydrogen) atoms. The second-order valence-corrected chi connectivity index (χ2v) is 3.63. The summed E-state index contributed by atoms with van der Waals surface area (Å²) in [6, 6.07) is 4.62. The summed E-state index contributed by atoms with van der Waals surface area (Å²) in [5.41, 5.74) is 1.02. The van der Waals surface area contributed by atoms with E-state index in [2.05, 4.69) is 5.32 Å². The Morgan fingerprint density at radius 2 is 2.06 bits per heavy atom. The van der Waals surface area contributed by atoms with Crippen LogP contribution in [0.3, 0.4) is 0 Å². The standard InChI is InChI=1S/C11H13NO5/c1-6-2-3-8(13)7(4-6)12-10(15)5-9(14)11(16)17/h2-4,9,13-14H,5H2,1H3,(H,12,15)(H,16,17). The zero-order valence-corrected chi connectivity index (χ0v) is 9.17. The maximum atomic E-state index is 11.3. The Labute approximate surface area is 97.5 Å². The maximum absolute atomic E-state index is 11.3. The van der Waals surface area contributed by atoms with E-state index in [1.165, 1.54) is 6.07 Å². The highest BCUT2D eigenvalue weighted by atomic mass is 16.4. The monoisotopic (exact) mass is 239 g/mol. The SMILES string of the molecule is Cc1ccc(O)c(NC(=O)CC(O)C(=O)O)c1. The largest absolute Gasteiger partial charge is 0.506 e. The third-order valence-electron chi connectivity index (χ3n) is 2.09. The Hall–Kier alpha value is -2.08. The van der Waals surface area contributed by atoms with Gasteiger partial charge in [0.15, 0.2) is 6.10 Å². The van der Waals surface area contributed by atoms with Gasteiger partial charge in [-0.2, -0.15) is 0 Å². The topological polar surface area (TPSA) is 107 Å². The van der Waals surface area contributed by atoms with Gasteiger partial charge in [-0.15, -0.1) is 0 Å². The van der Waals surface area contributed by atoms with Crippen LogP contribution in [-0.4, -0.2) is 33.3 Å². The number of nitrogens with one attached hydrogen (secondary N) is 1.